The maximum atomic E-state index is 11.3. The molecule has 0 saturated heterocycles. The second kappa shape index (κ2) is 4.25. The molecule has 0 bridgehead atoms. The molecule has 0 aliphatic heterocycles. The van der Waals surface area contributed by atoms with Gasteiger partial charge in [0.15, 0.2) is 0 Å². The number of anilines is 1. The van der Waals surface area contributed by atoms with E-state index in [1.54, 1.807) is 6.92 Å². The van der Waals surface area contributed by atoms with Crippen LogP contribution in [-0.2, 0) is 0 Å². The van der Waals surface area contributed by atoms with Gasteiger partial charge in [-0.2, -0.15) is 0 Å². The van der Waals surface area contributed by atoms with E-state index >= 15 is 0 Å². The van der Waals surface area contributed by atoms with Gasteiger partial charge in [-0.3, -0.25) is 4.79 Å². The molecule has 0 aromatic carbocycles. The van der Waals surface area contributed by atoms with E-state index < -0.39 is 0 Å². The SMILES string of the molecule is Cc1nc(NC2(CN)CCCC2)cc(=O)[nH]1. The molecule has 1 saturated carbocycles. The molecule has 88 valence electrons. The summed E-state index contributed by atoms with van der Waals surface area (Å²) in [5, 5.41) is 3.33. The summed E-state index contributed by atoms with van der Waals surface area (Å²) < 4.78 is 0. The Morgan fingerprint density at radius 3 is 2.81 bits per heavy atom. The van der Waals surface area contributed by atoms with Crippen LogP contribution in [-0.4, -0.2) is 22.1 Å². The minimum Gasteiger partial charge on any atom is -0.363 e. The van der Waals surface area contributed by atoms with Crippen LogP contribution in [0.4, 0.5) is 5.82 Å². The molecule has 0 radical (unpaired) electrons. The number of nitrogens with two attached hydrogens (primary N) is 1. The third-order valence-electron chi connectivity index (χ3n) is 3.20. The number of nitrogens with one attached hydrogen (secondary N) is 2. The van der Waals surface area contributed by atoms with Crippen LogP contribution in [0.2, 0.25) is 0 Å². The molecule has 0 amide bonds. The zero-order valence-corrected chi connectivity index (χ0v) is 9.55. The highest BCUT2D eigenvalue weighted by atomic mass is 16.1. The van der Waals surface area contributed by atoms with Crippen molar-refractivity contribution in [2.45, 2.75) is 38.1 Å². The Hall–Kier alpha value is -1.36. The van der Waals surface area contributed by atoms with E-state index in [9.17, 15) is 4.79 Å². The number of rotatable bonds is 3. The summed E-state index contributed by atoms with van der Waals surface area (Å²) in [7, 11) is 0. The van der Waals surface area contributed by atoms with E-state index in [0.717, 1.165) is 12.8 Å². The predicted octanol–water partition coefficient (Wildman–Crippen LogP) is 0.762. The van der Waals surface area contributed by atoms with Crippen LogP contribution in [0.3, 0.4) is 0 Å². The molecule has 0 atom stereocenters. The second-order valence-electron chi connectivity index (χ2n) is 4.53. The number of hydrogen-bond donors (Lipinski definition) is 3. The van der Waals surface area contributed by atoms with E-state index in [0.29, 0.717) is 18.2 Å². The van der Waals surface area contributed by atoms with E-state index in [2.05, 4.69) is 15.3 Å². The monoisotopic (exact) mass is 222 g/mol. The van der Waals surface area contributed by atoms with E-state index in [1.165, 1.54) is 18.9 Å². The highest BCUT2D eigenvalue weighted by Gasteiger charge is 2.32. The number of aromatic amines is 1. The second-order valence-corrected chi connectivity index (χ2v) is 4.53. The van der Waals surface area contributed by atoms with Crippen LogP contribution in [0.15, 0.2) is 10.9 Å². The molecular formula is C11H18N4O. The molecular weight excluding hydrogens is 204 g/mol. The van der Waals surface area contributed by atoms with Gasteiger partial charge in [-0.1, -0.05) is 12.8 Å². The van der Waals surface area contributed by atoms with E-state index in [-0.39, 0.29) is 11.1 Å². The van der Waals surface area contributed by atoms with Crippen LogP contribution in [0, 0.1) is 6.92 Å². The van der Waals surface area contributed by atoms with Gasteiger partial charge in [-0.15, -0.1) is 0 Å². The fourth-order valence-corrected chi connectivity index (χ4v) is 2.35. The Bertz CT molecular complexity index is 420. The van der Waals surface area contributed by atoms with Gasteiger partial charge in [-0.25, -0.2) is 4.98 Å². The van der Waals surface area contributed by atoms with Gasteiger partial charge >= 0.3 is 0 Å². The Balaban J connectivity index is 2.22. The van der Waals surface area contributed by atoms with Crippen LogP contribution in [0.25, 0.3) is 0 Å². The first kappa shape index (κ1) is 11.1. The average molecular weight is 222 g/mol. The van der Waals surface area contributed by atoms with Gasteiger partial charge in [0.05, 0.1) is 5.54 Å². The Morgan fingerprint density at radius 1 is 1.56 bits per heavy atom. The van der Waals surface area contributed by atoms with E-state index in [4.69, 9.17) is 5.73 Å². The summed E-state index contributed by atoms with van der Waals surface area (Å²) in [4.78, 5) is 18.2. The molecule has 4 N–H and O–H groups in total. The number of H-pyrrole nitrogens is 1. The number of nitrogens with zero attached hydrogens (tertiary/aromatic N) is 1. The van der Waals surface area contributed by atoms with Crippen molar-refractivity contribution >= 4 is 5.82 Å². The van der Waals surface area contributed by atoms with Crippen molar-refractivity contribution in [2.24, 2.45) is 5.73 Å². The lowest BCUT2D eigenvalue weighted by Gasteiger charge is -2.29. The molecule has 1 aliphatic rings. The van der Waals surface area contributed by atoms with Crippen molar-refractivity contribution in [2.75, 3.05) is 11.9 Å². The Kier molecular flexibility index (Phi) is 2.96. The average Bonchev–Trinajstić information content (AvgIpc) is 2.65. The predicted molar refractivity (Wildman–Crippen MR) is 63.5 cm³/mol. The van der Waals surface area contributed by atoms with Gasteiger partial charge in [-0.05, 0) is 19.8 Å². The minimum atomic E-state index is -0.125. The normalized spacial score (nSPS) is 18.6. The molecule has 0 spiro atoms. The van der Waals surface area contributed by atoms with Gasteiger partial charge in [0, 0.05) is 12.6 Å². The lowest BCUT2D eigenvalue weighted by Crippen LogP contribution is -2.43. The van der Waals surface area contributed by atoms with Crippen LogP contribution in [0.5, 0.6) is 0 Å². The number of aryl methyl sites for hydroxylation is 1. The summed E-state index contributed by atoms with van der Waals surface area (Å²) in [6, 6.07) is 1.49. The van der Waals surface area contributed by atoms with Crippen molar-refractivity contribution < 1.29 is 0 Å². The summed E-state index contributed by atoms with van der Waals surface area (Å²) in [5.41, 5.74) is 5.63. The number of aromatic nitrogens is 2. The molecule has 1 aromatic heterocycles. The highest BCUT2D eigenvalue weighted by molar-refractivity contribution is 5.37. The van der Waals surface area contributed by atoms with Crippen molar-refractivity contribution in [1.29, 1.82) is 0 Å². The Morgan fingerprint density at radius 2 is 2.25 bits per heavy atom. The standard InChI is InChI=1S/C11H18N4O/c1-8-13-9(6-10(16)14-8)15-11(7-12)4-2-3-5-11/h6H,2-5,7,12H2,1H3,(H2,13,14,15,16). The minimum absolute atomic E-state index is 0.0623. The third kappa shape index (κ3) is 2.24. The van der Waals surface area contributed by atoms with Gasteiger partial charge in [0.25, 0.3) is 5.56 Å². The molecule has 1 heterocycles. The fraction of sp³-hybridized carbons (Fsp3) is 0.636. The molecule has 16 heavy (non-hydrogen) atoms. The molecule has 1 aliphatic carbocycles. The van der Waals surface area contributed by atoms with Crippen molar-refractivity contribution in [3.63, 3.8) is 0 Å². The third-order valence-corrected chi connectivity index (χ3v) is 3.20. The lowest BCUT2D eigenvalue weighted by atomic mass is 9.98. The van der Waals surface area contributed by atoms with Gasteiger partial charge in [0.1, 0.15) is 11.6 Å². The zero-order chi connectivity index (χ0) is 11.6. The largest absolute Gasteiger partial charge is 0.363 e. The summed E-state index contributed by atoms with van der Waals surface area (Å²) >= 11 is 0. The fourth-order valence-electron chi connectivity index (χ4n) is 2.35. The van der Waals surface area contributed by atoms with Crippen LogP contribution in [0.1, 0.15) is 31.5 Å². The van der Waals surface area contributed by atoms with Crippen molar-refractivity contribution in [1.82, 2.24) is 9.97 Å². The smallest absolute Gasteiger partial charge is 0.252 e. The first-order valence-electron chi connectivity index (χ1n) is 5.70. The summed E-state index contributed by atoms with van der Waals surface area (Å²) in [6.45, 7) is 2.36. The topological polar surface area (TPSA) is 83.8 Å². The van der Waals surface area contributed by atoms with Crippen molar-refractivity contribution in [3.8, 4) is 0 Å². The summed E-state index contributed by atoms with van der Waals surface area (Å²) in [6.07, 6.45) is 4.48. The molecule has 5 nitrogen and oxygen atoms in total. The molecule has 0 unspecified atom stereocenters. The maximum Gasteiger partial charge on any atom is 0.252 e. The van der Waals surface area contributed by atoms with E-state index in [1.807, 2.05) is 0 Å². The molecule has 1 aromatic rings. The maximum absolute atomic E-state index is 11.3. The van der Waals surface area contributed by atoms with Crippen molar-refractivity contribution in [3.05, 3.63) is 22.2 Å². The van der Waals surface area contributed by atoms with Crippen LogP contribution < -0.4 is 16.6 Å². The zero-order valence-electron chi connectivity index (χ0n) is 9.55. The molecule has 1 fully saturated rings. The van der Waals surface area contributed by atoms with Gasteiger partial charge < -0.3 is 16.0 Å². The summed E-state index contributed by atoms with van der Waals surface area (Å²) in [5.74, 6) is 1.26. The molecule has 5 heteroatoms. The van der Waals surface area contributed by atoms with Gasteiger partial charge in [0.2, 0.25) is 0 Å². The quantitative estimate of drug-likeness (QED) is 0.705. The molecule has 2 rings (SSSR count). The first-order chi connectivity index (χ1) is 7.63. The van der Waals surface area contributed by atoms with Crippen LogP contribution >= 0.6 is 0 Å². The number of hydrogen-bond acceptors (Lipinski definition) is 4. The lowest BCUT2D eigenvalue weighted by molar-refractivity contribution is 0.491. The Labute approximate surface area is 94.5 Å². The highest BCUT2D eigenvalue weighted by Crippen LogP contribution is 2.31. The first-order valence-corrected chi connectivity index (χ1v) is 5.70.